The van der Waals surface area contributed by atoms with E-state index in [9.17, 15) is 9.18 Å². The number of hydrogen-bond donors (Lipinski definition) is 2. The molecule has 2 aromatic heterocycles. The summed E-state index contributed by atoms with van der Waals surface area (Å²) in [4.78, 5) is 21.3. The quantitative estimate of drug-likeness (QED) is 0.759. The topological polar surface area (TPSA) is 80.9 Å². The van der Waals surface area contributed by atoms with Crippen molar-refractivity contribution in [1.29, 1.82) is 0 Å². The molecule has 3 N–H and O–H groups in total. The van der Waals surface area contributed by atoms with E-state index in [4.69, 9.17) is 5.73 Å². The minimum atomic E-state index is -0.421. The van der Waals surface area contributed by atoms with Gasteiger partial charge in [-0.15, -0.1) is 11.3 Å². The third-order valence-electron chi connectivity index (χ3n) is 2.65. The second-order valence-corrected chi connectivity index (χ2v) is 5.02. The van der Waals surface area contributed by atoms with E-state index < -0.39 is 11.7 Å². The molecule has 0 aliphatic heterocycles. The van der Waals surface area contributed by atoms with E-state index in [-0.39, 0.29) is 5.69 Å². The number of halogens is 1. The van der Waals surface area contributed by atoms with E-state index in [1.807, 2.05) is 0 Å². The van der Waals surface area contributed by atoms with Gasteiger partial charge in [-0.25, -0.2) is 14.4 Å². The number of aromatic nitrogens is 2. The predicted octanol–water partition coefficient (Wildman–Crippen LogP) is 2.66. The van der Waals surface area contributed by atoms with Crippen LogP contribution < -0.4 is 11.1 Å². The lowest BCUT2D eigenvalue weighted by molar-refractivity contribution is 0.103. The fourth-order valence-electron chi connectivity index (χ4n) is 1.77. The number of nitrogens with zero attached hydrogens (tertiary/aromatic N) is 2. The van der Waals surface area contributed by atoms with Crippen molar-refractivity contribution < 1.29 is 9.18 Å². The Hall–Kier alpha value is -2.54. The Kier molecular flexibility index (Phi) is 3.03. The van der Waals surface area contributed by atoms with Gasteiger partial charge in [0.25, 0.3) is 5.91 Å². The van der Waals surface area contributed by atoms with Crippen LogP contribution in [0.25, 0.3) is 10.3 Å². The maximum Gasteiger partial charge on any atom is 0.268 e. The number of carbonyl (C=O) groups excluding carboxylic acids is 1. The maximum absolute atomic E-state index is 13.1. The molecule has 0 saturated carbocycles. The lowest BCUT2D eigenvalue weighted by Gasteiger charge is -2.03. The summed E-state index contributed by atoms with van der Waals surface area (Å²) >= 11 is 1.15. The van der Waals surface area contributed by atoms with Gasteiger partial charge in [0, 0.05) is 18.1 Å². The third-order valence-corrected chi connectivity index (χ3v) is 3.75. The molecule has 0 radical (unpaired) electrons. The summed E-state index contributed by atoms with van der Waals surface area (Å²) in [7, 11) is 0. The number of anilines is 2. The SMILES string of the molecule is Nc1c(C(=O)Nc2cccc(F)c2)sc2nccnc12. The summed E-state index contributed by atoms with van der Waals surface area (Å²) in [5.41, 5.74) is 7.05. The van der Waals surface area contributed by atoms with Crippen LogP contribution in [0.3, 0.4) is 0 Å². The highest BCUT2D eigenvalue weighted by Crippen LogP contribution is 2.30. The van der Waals surface area contributed by atoms with E-state index in [1.54, 1.807) is 6.07 Å². The molecular formula is C13H9FN4OS. The predicted molar refractivity (Wildman–Crippen MR) is 76.2 cm³/mol. The Morgan fingerprint density at radius 2 is 2.10 bits per heavy atom. The first-order chi connectivity index (χ1) is 9.65. The van der Waals surface area contributed by atoms with E-state index in [0.29, 0.717) is 20.9 Å². The number of hydrogen-bond acceptors (Lipinski definition) is 5. The molecule has 0 aliphatic rings. The Labute approximate surface area is 117 Å². The molecular weight excluding hydrogens is 279 g/mol. The number of amides is 1. The van der Waals surface area contributed by atoms with Gasteiger partial charge in [0.05, 0.1) is 5.69 Å². The van der Waals surface area contributed by atoms with Crippen LogP contribution in [0.4, 0.5) is 15.8 Å². The van der Waals surface area contributed by atoms with Crippen LogP contribution in [0.15, 0.2) is 36.7 Å². The largest absolute Gasteiger partial charge is 0.396 e. The number of fused-ring (bicyclic) bond motifs is 1. The molecule has 2 heterocycles. The van der Waals surface area contributed by atoms with Gasteiger partial charge >= 0.3 is 0 Å². The fraction of sp³-hybridized carbons (Fsp3) is 0. The van der Waals surface area contributed by atoms with Gasteiger partial charge < -0.3 is 11.1 Å². The van der Waals surface area contributed by atoms with Crippen LogP contribution in [0.1, 0.15) is 9.67 Å². The Morgan fingerprint density at radius 1 is 1.30 bits per heavy atom. The molecule has 0 fully saturated rings. The van der Waals surface area contributed by atoms with E-state index in [0.717, 1.165) is 11.3 Å². The summed E-state index contributed by atoms with van der Waals surface area (Å²) in [6.07, 6.45) is 3.05. The number of nitrogens with one attached hydrogen (secondary N) is 1. The van der Waals surface area contributed by atoms with Gasteiger partial charge in [-0.05, 0) is 18.2 Å². The van der Waals surface area contributed by atoms with E-state index in [1.165, 1.54) is 30.6 Å². The first kappa shape index (κ1) is 12.5. The third kappa shape index (κ3) is 2.19. The average molecular weight is 288 g/mol. The molecule has 5 nitrogen and oxygen atoms in total. The molecule has 0 bridgehead atoms. The van der Waals surface area contributed by atoms with Crippen LogP contribution in [-0.4, -0.2) is 15.9 Å². The zero-order valence-corrected chi connectivity index (χ0v) is 10.9. The molecule has 1 amide bonds. The molecule has 20 heavy (non-hydrogen) atoms. The highest BCUT2D eigenvalue weighted by Gasteiger charge is 2.18. The summed E-state index contributed by atoms with van der Waals surface area (Å²) < 4.78 is 13.1. The van der Waals surface area contributed by atoms with Gasteiger partial charge in [-0.1, -0.05) is 6.07 Å². The Balaban J connectivity index is 1.95. The second kappa shape index (κ2) is 4.86. The average Bonchev–Trinajstić information content (AvgIpc) is 2.77. The van der Waals surface area contributed by atoms with Gasteiger partial charge in [0.2, 0.25) is 0 Å². The number of benzene rings is 1. The lowest BCUT2D eigenvalue weighted by Crippen LogP contribution is -2.12. The maximum atomic E-state index is 13.1. The van der Waals surface area contributed by atoms with E-state index in [2.05, 4.69) is 15.3 Å². The van der Waals surface area contributed by atoms with Gasteiger partial charge in [0.1, 0.15) is 21.0 Å². The second-order valence-electron chi connectivity index (χ2n) is 4.02. The van der Waals surface area contributed by atoms with Crippen molar-refractivity contribution in [2.75, 3.05) is 11.1 Å². The fourth-order valence-corrected chi connectivity index (χ4v) is 2.68. The van der Waals surface area contributed by atoms with Crippen LogP contribution in [0.2, 0.25) is 0 Å². The summed E-state index contributed by atoms with van der Waals surface area (Å²) in [5.74, 6) is -0.826. The van der Waals surface area contributed by atoms with Crippen molar-refractivity contribution in [1.82, 2.24) is 9.97 Å². The smallest absolute Gasteiger partial charge is 0.268 e. The van der Waals surface area contributed by atoms with E-state index >= 15 is 0 Å². The standard InChI is InChI=1S/C13H9FN4OS/c14-7-2-1-3-8(6-7)18-12(19)11-9(15)10-13(20-11)17-5-4-16-10/h1-6H,15H2,(H,18,19). The van der Waals surface area contributed by atoms with Crippen LogP contribution in [0, 0.1) is 5.82 Å². The van der Waals surface area contributed by atoms with Gasteiger partial charge in [-0.3, -0.25) is 4.79 Å². The van der Waals surface area contributed by atoms with Crippen molar-refractivity contribution >= 4 is 39.0 Å². The number of rotatable bonds is 2. The number of thiophene rings is 1. The molecule has 0 aliphatic carbocycles. The molecule has 3 rings (SSSR count). The van der Waals surface area contributed by atoms with Crippen LogP contribution in [0.5, 0.6) is 0 Å². The summed E-state index contributed by atoms with van der Waals surface area (Å²) in [6.45, 7) is 0. The molecule has 1 aromatic carbocycles. The zero-order chi connectivity index (χ0) is 14.1. The first-order valence-electron chi connectivity index (χ1n) is 5.71. The minimum Gasteiger partial charge on any atom is -0.396 e. The van der Waals surface area contributed by atoms with Crippen molar-refractivity contribution in [2.45, 2.75) is 0 Å². The number of carbonyl (C=O) groups is 1. The number of nitrogens with two attached hydrogens (primary N) is 1. The Bertz CT molecular complexity index is 802. The van der Waals surface area contributed by atoms with Crippen molar-refractivity contribution in [3.8, 4) is 0 Å². The minimum absolute atomic E-state index is 0.284. The highest BCUT2D eigenvalue weighted by atomic mass is 32.1. The zero-order valence-electron chi connectivity index (χ0n) is 10.1. The molecule has 100 valence electrons. The monoisotopic (exact) mass is 288 g/mol. The normalized spacial score (nSPS) is 10.7. The van der Waals surface area contributed by atoms with Gasteiger partial charge in [0.15, 0.2) is 0 Å². The Morgan fingerprint density at radius 3 is 2.85 bits per heavy atom. The molecule has 0 unspecified atom stereocenters. The molecule has 0 atom stereocenters. The lowest BCUT2D eigenvalue weighted by atomic mass is 10.3. The molecule has 0 spiro atoms. The molecule has 0 saturated heterocycles. The first-order valence-corrected chi connectivity index (χ1v) is 6.52. The van der Waals surface area contributed by atoms with Crippen LogP contribution >= 0.6 is 11.3 Å². The van der Waals surface area contributed by atoms with Gasteiger partial charge in [-0.2, -0.15) is 0 Å². The van der Waals surface area contributed by atoms with Crippen LogP contribution in [-0.2, 0) is 0 Å². The van der Waals surface area contributed by atoms with Crippen molar-refractivity contribution in [3.05, 3.63) is 47.4 Å². The van der Waals surface area contributed by atoms with Crippen molar-refractivity contribution in [3.63, 3.8) is 0 Å². The number of nitrogen functional groups attached to an aromatic ring is 1. The molecule has 3 aromatic rings. The highest BCUT2D eigenvalue weighted by molar-refractivity contribution is 7.21. The summed E-state index contributed by atoms with van der Waals surface area (Å²) in [6, 6.07) is 5.65. The summed E-state index contributed by atoms with van der Waals surface area (Å²) in [5, 5.41) is 2.60. The van der Waals surface area contributed by atoms with Crippen molar-refractivity contribution in [2.24, 2.45) is 0 Å². The molecule has 7 heteroatoms.